The van der Waals surface area contributed by atoms with E-state index in [0.717, 1.165) is 0 Å². The summed E-state index contributed by atoms with van der Waals surface area (Å²) < 4.78 is 5.20. The molecule has 0 aliphatic heterocycles. The van der Waals surface area contributed by atoms with Crippen LogP contribution < -0.4 is 0 Å². The molecular formula is C25H27Zr. The zero-order valence-electron chi connectivity index (χ0n) is 16.5. The molecule has 131 valence electrons. The van der Waals surface area contributed by atoms with Gasteiger partial charge in [0.05, 0.1) is 0 Å². The molecule has 0 fully saturated rings. The third kappa shape index (κ3) is 2.76. The van der Waals surface area contributed by atoms with Gasteiger partial charge >= 0.3 is 165 Å². The van der Waals surface area contributed by atoms with E-state index in [9.17, 15) is 0 Å². The van der Waals surface area contributed by atoms with Crippen LogP contribution in [0.15, 0.2) is 69.0 Å². The Morgan fingerprint density at radius 3 is 1.81 bits per heavy atom. The van der Waals surface area contributed by atoms with Gasteiger partial charge in [0.25, 0.3) is 0 Å². The van der Waals surface area contributed by atoms with Crippen molar-refractivity contribution in [1.29, 1.82) is 0 Å². The Labute approximate surface area is 164 Å². The predicted octanol–water partition coefficient (Wildman–Crippen LogP) is 6.45. The van der Waals surface area contributed by atoms with E-state index in [1.807, 2.05) is 0 Å². The SMILES string of the molecule is CC1=CC[C]([Zr](=[C](C)C)=[C](C)C)=C1C1c2ccccc2-c2ccccc21. The molecule has 0 bridgehead atoms. The van der Waals surface area contributed by atoms with Crippen molar-refractivity contribution < 1.29 is 20.8 Å². The van der Waals surface area contributed by atoms with E-state index in [4.69, 9.17) is 0 Å². The maximum absolute atomic E-state index is 2.49. The summed E-state index contributed by atoms with van der Waals surface area (Å²) in [6, 6.07) is 18.1. The van der Waals surface area contributed by atoms with Crippen molar-refractivity contribution >= 4 is 6.41 Å². The molecule has 26 heavy (non-hydrogen) atoms. The second-order valence-corrected chi connectivity index (χ2v) is 16.2. The predicted molar refractivity (Wildman–Crippen MR) is 112 cm³/mol. The standard InChI is InChI=1S/C19H15.2C3H6.Zr/c1-13-7-6-12-14(13)19-17-10-4-2-8-15(17)16-9-3-5-11-18(16)19;2*1-3-2;/h2-5,7-11,19H,6H2,1H3;2*1-2H3;. The molecule has 0 atom stereocenters. The van der Waals surface area contributed by atoms with E-state index in [1.54, 1.807) is 15.3 Å². The van der Waals surface area contributed by atoms with Crippen LogP contribution in [-0.2, 0) is 20.8 Å². The molecule has 0 nitrogen and oxygen atoms in total. The molecular weight excluding hydrogens is 391 g/mol. The zero-order valence-corrected chi connectivity index (χ0v) is 18.9. The number of allylic oxidation sites excluding steroid dienone is 4. The van der Waals surface area contributed by atoms with Crippen molar-refractivity contribution in [2.75, 3.05) is 0 Å². The Morgan fingerprint density at radius 2 is 1.31 bits per heavy atom. The summed E-state index contributed by atoms with van der Waals surface area (Å²) in [6.45, 7) is 11.8. The summed E-state index contributed by atoms with van der Waals surface area (Å²) >= 11 is -1.83. The third-order valence-corrected chi connectivity index (χ3v) is 13.3. The Balaban J connectivity index is 2.05. The fourth-order valence-corrected chi connectivity index (χ4v) is 12.6. The summed E-state index contributed by atoms with van der Waals surface area (Å²) in [7, 11) is 0. The van der Waals surface area contributed by atoms with Gasteiger partial charge in [-0.05, 0) is 0 Å². The third-order valence-electron chi connectivity index (χ3n) is 5.79. The van der Waals surface area contributed by atoms with Gasteiger partial charge in [0, 0.05) is 0 Å². The minimum atomic E-state index is -1.83. The average molecular weight is 419 g/mol. The summed E-state index contributed by atoms with van der Waals surface area (Å²) in [4.78, 5) is 0. The second kappa shape index (κ2) is 6.93. The molecule has 0 heterocycles. The monoisotopic (exact) mass is 417 g/mol. The average Bonchev–Trinajstić information content (AvgIpc) is 3.13. The molecule has 0 aromatic heterocycles. The van der Waals surface area contributed by atoms with E-state index in [1.165, 1.54) is 34.2 Å². The van der Waals surface area contributed by atoms with E-state index < -0.39 is 20.8 Å². The molecule has 0 N–H and O–H groups in total. The van der Waals surface area contributed by atoms with Gasteiger partial charge < -0.3 is 0 Å². The topological polar surface area (TPSA) is 0 Å². The summed E-state index contributed by atoms with van der Waals surface area (Å²) in [6.07, 6.45) is 3.66. The molecule has 2 aromatic rings. The van der Waals surface area contributed by atoms with Crippen molar-refractivity contribution in [2.45, 2.75) is 47.0 Å². The number of hydrogen-bond donors (Lipinski definition) is 0. The molecule has 0 radical (unpaired) electrons. The number of rotatable bonds is 2. The first kappa shape index (κ1) is 17.9. The van der Waals surface area contributed by atoms with Crippen LogP contribution in [0.5, 0.6) is 0 Å². The quantitative estimate of drug-likeness (QED) is 0.526. The number of fused-ring (bicyclic) bond motifs is 3. The molecule has 1 heteroatoms. The summed E-state index contributed by atoms with van der Waals surface area (Å²) in [5.41, 5.74) is 9.02. The molecule has 2 aromatic carbocycles. The van der Waals surface area contributed by atoms with Crippen LogP contribution in [0.4, 0.5) is 0 Å². The first-order chi connectivity index (χ1) is 12.5. The van der Waals surface area contributed by atoms with E-state index >= 15 is 0 Å². The van der Waals surface area contributed by atoms with Gasteiger partial charge in [-0.3, -0.25) is 0 Å². The van der Waals surface area contributed by atoms with Gasteiger partial charge in [0.15, 0.2) is 0 Å². The first-order valence-electron chi connectivity index (χ1n) is 9.57. The zero-order chi connectivity index (χ0) is 18.4. The van der Waals surface area contributed by atoms with Crippen LogP contribution >= 0.6 is 0 Å². The molecule has 2 aliphatic carbocycles. The van der Waals surface area contributed by atoms with Gasteiger partial charge in [0.2, 0.25) is 0 Å². The molecule has 0 saturated heterocycles. The van der Waals surface area contributed by atoms with Crippen LogP contribution in [0.3, 0.4) is 0 Å². The number of benzene rings is 2. The second-order valence-electron chi connectivity index (χ2n) is 7.97. The summed E-state index contributed by atoms with van der Waals surface area (Å²) in [5, 5.41) is 0. The summed E-state index contributed by atoms with van der Waals surface area (Å²) in [5.74, 6) is 0.422. The van der Waals surface area contributed by atoms with Crippen molar-refractivity contribution in [1.82, 2.24) is 0 Å². The van der Waals surface area contributed by atoms with Crippen LogP contribution in [0.1, 0.15) is 58.1 Å². The first-order valence-corrected chi connectivity index (χ1v) is 13.3. The van der Waals surface area contributed by atoms with Gasteiger partial charge in [-0.2, -0.15) is 0 Å². The maximum atomic E-state index is 2.49. The van der Waals surface area contributed by atoms with Gasteiger partial charge in [-0.1, -0.05) is 0 Å². The van der Waals surface area contributed by atoms with Crippen molar-refractivity contribution in [3.63, 3.8) is 0 Å². The Bertz CT molecular complexity index is 984. The van der Waals surface area contributed by atoms with E-state index in [-0.39, 0.29) is 0 Å². The van der Waals surface area contributed by atoms with Crippen molar-refractivity contribution in [3.05, 3.63) is 80.2 Å². The van der Waals surface area contributed by atoms with Gasteiger partial charge in [-0.25, -0.2) is 0 Å². The van der Waals surface area contributed by atoms with E-state index in [2.05, 4.69) is 89.2 Å². The normalized spacial score (nSPS) is 15.7. The Morgan fingerprint density at radius 1 is 0.808 bits per heavy atom. The Kier molecular flexibility index (Phi) is 4.78. The van der Waals surface area contributed by atoms with Crippen LogP contribution in [0, 0.1) is 0 Å². The molecule has 2 aliphatic rings. The minimum absolute atomic E-state index is 0.422. The van der Waals surface area contributed by atoms with Crippen LogP contribution in [0.25, 0.3) is 11.1 Å². The van der Waals surface area contributed by atoms with Crippen molar-refractivity contribution in [2.24, 2.45) is 0 Å². The van der Waals surface area contributed by atoms with Crippen LogP contribution in [-0.4, -0.2) is 6.41 Å². The Hall–Kier alpha value is -1.46. The molecule has 0 spiro atoms. The number of hydrogen-bond acceptors (Lipinski definition) is 0. The van der Waals surface area contributed by atoms with Gasteiger partial charge in [0.1, 0.15) is 0 Å². The molecule has 0 amide bonds. The van der Waals surface area contributed by atoms with Crippen LogP contribution in [0.2, 0.25) is 0 Å². The molecule has 0 unspecified atom stereocenters. The van der Waals surface area contributed by atoms with Gasteiger partial charge in [-0.15, -0.1) is 0 Å². The van der Waals surface area contributed by atoms with E-state index in [0.29, 0.717) is 5.92 Å². The van der Waals surface area contributed by atoms with Crippen molar-refractivity contribution in [3.8, 4) is 11.1 Å². The fraction of sp³-hybridized carbons (Fsp3) is 0.280. The fourth-order valence-electron chi connectivity index (χ4n) is 4.92. The molecule has 0 saturated carbocycles. The molecule has 4 rings (SSSR count).